The molecule has 0 spiro atoms. The number of hydrogen-bond donors (Lipinski definition) is 0. The van der Waals surface area contributed by atoms with Crippen LogP contribution in [0.3, 0.4) is 0 Å². The maximum Gasteiger partial charge on any atom is 0.0587 e. The van der Waals surface area contributed by atoms with Gasteiger partial charge in [0.05, 0.1) is 61.5 Å². The number of anilines is 6. The van der Waals surface area contributed by atoms with Crippen molar-refractivity contribution in [2.45, 2.75) is 209 Å². The summed E-state index contributed by atoms with van der Waals surface area (Å²) in [6.07, 6.45) is 0. The van der Waals surface area contributed by atoms with Crippen LogP contribution in [-0.2, 0) is 43.3 Å². The molecule has 5 nitrogen and oxygen atoms in total. The van der Waals surface area contributed by atoms with Crippen molar-refractivity contribution >= 4 is 123 Å². The van der Waals surface area contributed by atoms with Crippen LogP contribution in [0.5, 0.6) is 0 Å². The molecule has 6 heteroatoms. The second-order valence-corrected chi connectivity index (χ2v) is 43.9. The fourth-order valence-electron chi connectivity index (χ4n) is 18.1. The minimum atomic E-state index is -1.32. The maximum atomic E-state index is 2.66. The van der Waals surface area contributed by atoms with Gasteiger partial charge in [0.1, 0.15) is 0 Å². The highest BCUT2D eigenvalue weighted by molar-refractivity contribution is 7.81. The van der Waals surface area contributed by atoms with Crippen LogP contribution < -0.4 is 25.7 Å². The highest BCUT2D eigenvalue weighted by Gasteiger charge is 2.43. The van der Waals surface area contributed by atoms with Crippen molar-refractivity contribution in [3.05, 3.63) is 299 Å². The van der Waals surface area contributed by atoms with Gasteiger partial charge in [-0.2, -0.15) is 0 Å². The van der Waals surface area contributed by atoms with E-state index in [1.165, 1.54) is 148 Å². The summed E-state index contributed by atoms with van der Waals surface area (Å²) in [5, 5.41) is 11.4. The molecule has 0 radical (unpaired) electrons. The van der Waals surface area contributed by atoms with E-state index in [0.29, 0.717) is 0 Å². The number of hydrogen-bond acceptors (Lipinski definition) is 2. The van der Waals surface area contributed by atoms with Crippen LogP contribution in [0, 0.1) is 0 Å². The zero-order valence-electron chi connectivity index (χ0n) is 72.9. The third-order valence-electron chi connectivity index (χ3n) is 25.2. The lowest BCUT2D eigenvalue weighted by atomic mass is 9.79. The molecular formula is C110H114N5P. The van der Waals surface area contributed by atoms with Crippen LogP contribution in [0.25, 0.3) is 105 Å². The number of rotatable bonds is 7. The van der Waals surface area contributed by atoms with Crippen LogP contribution in [0.4, 0.5) is 34.1 Å². The van der Waals surface area contributed by atoms with Crippen molar-refractivity contribution < 1.29 is 0 Å². The van der Waals surface area contributed by atoms with E-state index >= 15 is 0 Å². The van der Waals surface area contributed by atoms with Crippen molar-refractivity contribution in [3.63, 3.8) is 0 Å². The summed E-state index contributed by atoms with van der Waals surface area (Å²) in [6, 6.07) is 101. The molecule has 2 aliphatic rings. The molecule has 2 aliphatic heterocycles. The van der Waals surface area contributed by atoms with Crippen LogP contribution >= 0.6 is 7.92 Å². The highest BCUT2D eigenvalue weighted by atomic mass is 31.1. The fourth-order valence-corrected chi connectivity index (χ4v) is 20.9. The Balaban J connectivity index is 0.993. The summed E-state index contributed by atoms with van der Waals surface area (Å²) < 4.78 is 7.85. The van der Waals surface area contributed by atoms with E-state index in [0.717, 1.165) is 50.8 Å². The Labute approximate surface area is 690 Å². The molecule has 0 fully saturated rings. The molecule has 18 rings (SSSR count). The topological polar surface area (TPSA) is 21.3 Å². The number of benzene rings is 13. The SMILES string of the molecule is CC(C)(C)c1cc(-c2ccc3c4ccc(-c5cc(C(C)(C)C)cc(C(C)(C)C)c5)cc4n(-c4cc5c6c(c4)N(c4ccccc4)c4cc(-n7c8cc(C(C)(C)C)ccc8c8ccc(C(C)(C)C)cc87)ccc4P6c4ccc(-n6c7cc(C(C)(C)C)ccc7c7ccc(C(C)(C)C)cc76)cc4N5c4ccccc4)c3c2)cc(C(C)(C)C)c1. The molecule has 0 bridgehead atoms. The zero-order chi connectivity index (χ0) is 81.9. The summed E-state index contributed by atoms with van der Waals surface area (Å²) in [4.78, 5) is 5.30. The number of nitrogens with zero attached hydrogens (tertiary/aromatic N) is 5. The van der Waals surface area contributed by atoms with Gasteiger partial charge in [0.15, 0.2) is 0 Å². The Morgan fingerprint density at radius 2 is 0.448 bits per heavy atom. The van der Waals surface area contributed by atoms with E-state index in [2.05, 4.69) is 444 Å². The first kappa shape index (κ1) is 76.6. The van der Waals surface area contributed by atoms with E-state index in [9.17, 15) is 0 Å². The van der Waals surface area contributed by atoms with Crippen LogP contribution in [0.2, 0.25) is 0 Å². The van der Waals surface area contributed by atoms with Gasteiger partial charge in [0.2, 0.25) is 0 Å². The first-order valence-corrected chi connectivity index (χ1v) is 43.5. The van der Waals surface area contributed by atoms with E-state index in [1.807, 2.05) is 0 Å². The van der Waals surface area contributed by atoms with Crippen molar-refractivity contribution in [3.8, 4) is 39.3 Å². The molecule has 0 unspecified atom stereocenters. The van der Waals surface area contributed by atoms with E-state index in [1.54, 1.807) is 0 Å². The molecule has 16 aromatic rings. The van der Waals surface area contributed by atoms with Crippen molar-refractivity contribution in [2.24, 2.45) is 0 Å². The smallest absolute Gasteiger partial charge is 0.0587 e. The van der Waals surface area contributed by atoms with Gasteiger partial charge in [-0.3, -0.25) is 0 Å². The largest absolute Gasteiger partial charge is 0.309 e. The standard InChI is InChI=1S/C110H114N5P/c1-103(2,3)71-37-45-86-87-46-38-72(104(4,5)6)60-93(87)113(92(86)59-71)81-41-49-100-96(63-81)111(79-31-27-25-28-32-79)98-65-83(66-99-102(98)116(100)101-50-42-82(64-97(101)112(99)80-33-29-26-30-34-80)114-94-61-73(105(7,8)9)39-47-88(94)89-48-40-74(62-95(89)114)106(10,11)12)115-90-55-67(69-51-75(107(13,14)15)57-76(52-69)108(16,17)18)35-43-84(90)85-44-36-68(56-91(85)115)70-53-77(109(19,20)21)58-78(54-70)110(22,23)24/h25-66H,1-24H3. The third-order valence-corrected chi connectivity index (χ3v) is 27.8. The molecule has 13 aromatic carbocycles. The van der Waals surface area contributed by atoms with E-state index in [-0.39, 0.29) is 43.3 Å². The molecule has 0 aliphatic carbocycles. The number of aromatic nitrogens is 3. The Kier molecular flexibility index (Phi) is 17.4. The Morgan fingerprint density at radius 1 is 0.190 bits per heavy atom. The first-order chi connectivity index (χ1) is 54.5. The first-order valence-electron chi connectivity index (χ1n) is 42.1. The maximum absolute atomic E-state index is 2.66. The van der Waals surface area contributed by atoms with Gasteiger partial charge in [0, 0.05) is 71.0 Å². The summed E-state index contributed by atoms with van der Waals surface area (Å²) in [7, 11) is -1.32. The van der Waals surface area contributed by atoms with E-state index < -0.39 is 7.92 Å². The Bertz CT molecular complexity index is 6100. The van der Waals surface area contributed by atoms with Crippen molar-refractivity contribution in [1.82, 2.24) is 13.7 Å². The van der Waals surface area contributed by atoms with Gasteiger partial charge < -0.3 is 23.5 Å². The van der Waals surface area contributed by atoms with E-state index in [4.69, 9.17) is 0 Å². The Hall–Kier alpha value is -10.7. The lowest BCUT2D eigenvalue weighted by molar-refractivity contribution is 0.568. The molecule has 0 atom stereocenters. The van der Waals surface area contributed by atoms with Crippen molar-refractivity contribution in [2.75, 3.05) is 9.80 Å². The average molecular weight is 1540 g/mol. The van der Waals surface area contributed by atoms with Crippen LogP contribution in [-0.4, -0.2) is 13.7 Å². The lowest BCUT2D eigenvalue weighted by Gasteiger charge is -2.45. The molecule has 0 saturated carbocycles. The quantitative estimate of drug-likeness (QED) is 0.148. The number of para-hydroxylation sites is 2. The summed E-state index contributed by atoms with van der Waals surface area (Å²) in [5.41, 5.74) is 32.1. The van der Waals surface area contributed by atoms with Gasteiger partial charge in [-0.15, -0.1) is 0 Å². The predicted molar refractivity (Wildman–Crippen MR) is 505 cm³/mol. The minimum Gasteiger partial charge on any atom is -0.309 e. The van der Waals surface area contributed by atoms with Crippen LogP contribution in [0.1, 0.15) is 211 Å². The molecule has 116 heavy (non-hydrogen) atoms. The lowest BCUT2D eigenvalue weighted by Crippen LogP contribution is -2.41. The van der Waals surface area contributed by atoms with Gasteiger partial charge in [-0.1, -0.05) is 312 Å². The van der Waals surface area contributed by atoms with Gasteiger partial charge in [-0.25, -0.2) is 0 Å². The third kappa shape index (κ3) is 12.9. The number of fused-ring (bicyclic) bond motifs is 13. The zero-order valence-corrected chi connectivity index (χ0v) is 73.8. The highest BCUT2D eigenvalue weighted by Crippen LogP contribution is 2.59. The molecule has 5 heterocycles. The molecule has 0 saturated heterocycles. The van der Waals surface area contributed by atoms with Gasteiger partial charge in [-0.05, 0) is 227 Å². The van der Waals surface area contributed by atoms with Gasteiger partial charge >= 0.3 is 0 Å². The normalized spacial score (nSPS) is 14.0. The molecular weight excluding hydrogens is 1420 g/mol. The fraction of sp³-hybridized carbons (Fsp3) is 0.291. The van der Waals surface area contributed by atoms with Crippen molar-refractivity contribution in [1.29, 1.82) is 0 Å². The van der Waals surface area contributed by atoms with Crippen LogP contribution in [0.15, 0.2) is 255 Å². The molecule has 0 amide bonds. The minimum absolute atomic E-state index is 0.0788. The second kappa shape index (κ2) is 26.4. The Morgan fingerprint density at radius 3 is 0.733 bits per heavy atom. The summed E-state index contributed by atoms with van der Waals surface area (Å²) in [5.74, 6) is 0. The molecule has 0 N–H and O–H groups in total. The average Bonchev–Trinajstić information content (AvgIpc) is 0.815. The predicted octanol–water partition coefficient (Wildman–Crippen LogP) is 30.0. The van der Waals surface area contributed by atoms with Gasteiger partial charge in [0.25, 0.3) is 0 Å². The molecule has 584 valence electrons. The molecule has 3 aromatic heterocycles. The second-order valence-electron chi connectivity index (χ2n) is 41.9. The summed E-state index contributed by atoms with van der Waals surface area (Å²) >= 11 is 0. The monoisotopic (exact) mass is 1540 g/mol. The summed E-state index contributed by atoms with van der Waals surface area (Å²) in [6.45, 7) is 56.4.